The maximum atomic E-state index is 12.6. The van der Waals surface area contributed by atoms with Gasteiger partial charge in [-0.3, -0.25) is 4.79 Å². The van der Waals surface area contributed by atoms with Gasteiger partial charge in [-0.15, -0.1) is 0 Å². The highest BCUT2D eigenvalue weighted by Crippen LogP contribution is 2.44. The summed E-state index contributed by atoms with van der Waals surface area (Å²) in [4.78, 5) is 20.2. The maximum absolute atomic E-state index is 12.6. The van der Waals surface area contributed by atoms with Gasteiger partial charge in [-0.2, -0.15) is 0 Å². The van der Waals surface area contributed by atoms with Crippen LogP contribution >= 0.6 is 35.0 Å². The van der Waals surface area contributed by atoms with Gasteiger partial charge in [0.2, 0.25) is 0 Å². The molecule has 2 aliphatic rings. The van der Waals surface area contributed by atoms with Crippen molar-refractivity contribution >= 4 is 63.5 Å². The van der Waals surface area contributed by atoms with Crippen molar-refractivity contribution in [3.63, 3.8) is 0 Å². The zero-order valence-corrected chi connectivity index (χ0v) is 21.3. The molecule has 168 valence electrons. The normalized spacial score (nSPS) is 22.4. The van der Waals surface area contributed by atoms with Crippen LogP contribution in [0, 0.1) is 6.92 Å². The highest BCUT2D eigenvalue weighted by Gasteiger charge is 2.36. The van der Waals surface area contributed by atoms with Gasteiger partial charge in [0.15, 0.2) is 5.17 Å². The first-order valence-corrected chi connectivity index (χ1v) is 12.3. The maximum Gasteiger partial charge on any atom is 0.264 e. The van der Waals surface area contributed by atoms with Gasteiger partial charge in [0.25, 0.3) is 5.91 Å². The lowest BCUT2D eigenvalue weighted by Crippen LogP contribution is -2.48. The van der Waals surface area contributed by atoms with Crippen LogP contribution in [0.25, 0.3) is 6.08 Å². The van der Waals surface area contributed by atoms with Crippen molar-refractivity contribution in [2.45, 2.75) is 52.5 Å². The predicted molar refractivity (Wildman–Crippen MR) is 139 cm³/mol. The summed E-state index contributed by atoms with van der Waals surface area (Å²) in [6.07, 6.45) is 3.06. The van der Waals surface area contributed by atoms with E-state index in [1.807, 2.05) is 6.08 Å². The molecule has 32 heavy (non-hydrogen) atoms. The van der Waals surface area contributed by atoms with Crippen molar-refractivity contribution in [2.75, 3.05) is 11.4 Å². The van der Waals surface area contributed by atoms with Gasteiger partial charge in [0, 0.05) is 17.8 Å². The van der Waals surface area contributed by atoms with Crippen molar-refractivity contribution < 1.29 is 4.79 Å². The summed E-state index contributed by atoms with van der Waals surface area (Å²) < 4.78 is 0. The molecule has 7 heteroatoms. The Bertz CT molecular complexity index is 1160. The zero-order valence-electron chi connectivity index (χ0n) is 18.9. The Kier molecular flexibility index (Phi) is 6.36. The van der Waals surface area contributed by atoms with Gasteiger partial charge in [0.05, 0.1) is 20.6 Å². The first kappa shape index (κ1) is 23.2. The number of fused-ring (bicyclic) bond motifs is 1. The standard InChI is InChI=1S/C25H27Cl2N3OS/c1-6-30-20-10-14(2)16(11-17(20)15(3)13-25(30,4)5)12-21-23(31)29-24(32-21)28-19-9-7-8-18(26)22(19)27/h7-12,15H,6,13H2,1-5H3,(H,28,29,31)/b21-12+. The van der Waals surface area contributed by atoms with Gasteiger partial charge in [-0.05, 0) is 98.8 Å². The smallest absolute Gasteiger partial charge is 0.264 e. The second-order valence-electron chi connectivity index (χ2n) is 8.98. The monoisotopic (exact) mass is 487 g/mol. The Labute approximate surface area is 204 Å². The van der Waals surface area contributed by atoms with Gasteiger partial charge in [-0.1, -0.05) is 36.2 Å². The van der Waals surface area contributed by atoms with Crippen LogP contribution in [0.5, 0.6) is 0 Å². The summed E-state index contributed by atoms with van der Waals surface area (Å²) in [7, 11) is 0. The minimum atomic E-state index is -0.159. The minimum Gasteiger partial charge on any atom is -0.366 e. The number of hydrogen-bond acceptors (Lipinski definition) is 4. The molecule has 1 atom stereocenters. The Hall–Kier alpha value is -1.95. The van der Waals surface area contributed by atoms with Crippen molar-refractivity contribution in [3.8, 4) is 0 Å². The summed E-state index contributed by atoms with van der Waals surface area (Å²) in [6, 6.07) is 9.77. The molecule has 0 bridgehead atoms. The van der Waals surface area contributed by atoms with E-state index in [1.54, 1.807) is 18.2 Å². The Morgan fingerprint density at radius 2 is 2.06 bits per heavy atom. The molecular weight excluding hydrogens is 461 g/mol. The number of carbonyl (C=O) groups is 1. The quantitative estimate of drug-likeness (QED) is 0.461. The molecule has 1 amide bonds. The molecule has 0 aliphatic carbocycles. The third-order valence-corrected chi connectivity index (χ3v) is 7.90. The SMILES string of the molecule is CCN1c2cc(C)c(/C=C3/SC(=Nc4cccc(Cl)c4Cl)NC3=O)cc2C(C)CC1(C)C. The van der Waals surface area contributed by atoms with E-state index in [0.717, 1.165) is 24.1 Å². The number of anilines is 1. The molecule has 0 saturated carbocycles. The average Bonchev–Trinajstić information content (AvgIpc) is 3.05. The van der Waals surface area contributed by atoms with Crippen LogP contribution in [0.2, 0.25) is 10.0 Å². The van der Waals surface area contributed by atoms with E-state index in [0.29, 0.717) is 31.7 Å². The number of rotatable bonds is 3. The third-order valence-electron chi connectivity index (χ3n) is 6.18. The molecule has 1 N–H and O–H groups in total. The number of amidine groups is 1. The van der Waals surface area contributed by atoms with Crippen molar-refractivity contribution in [3.05, 3.63) is 62.0 Å². The van der Waals surface area contributed by atoms with Crippen LogP contribution in [0.15, 0.2) is 40.2 Å². The van der Waals surface area contributed by atoms with Crippen LogP contribution in [0.1, 0.15) is 56.7 Å². The van der Waals surface area contributed by atoms with E-state index in [9.17, 15) is 4.79 Å². The van der Waals surface area contributed by atoms with Crippen LogP contribution in [0.4, 0.5) is 11.4 Å². The second-order valence-corrected chi connectivity index (χ2v) is 10.8. The number of amides is 1. The summed E-state index contributed by atoms with van der Waals surface area (Å²) >= 11 is 13.6. The molecule has 2 heterocycles. The average molecular weight is 488 g/mol. The summed E-state index contributed by atoms with van der Waals surface area (Å²) in [5.74, 6) is 0.293. The van der Waals surface area contributed by atoms with E-state index < -0.39 is 0 Å². The molecule has 0 aromatic heterocycles. The van der Waals surface area contributed by atoms with Gasteiger partial charge in [0.1, 0.15) is 0 Å². The molecule has 2 aromatic rings. The Morgan fingerprint density at radius 3 is 2.78 bits per heavy atom. The molecule has 0 radical (unpaired) electrons. The van der Waals surface area contributed by atoms with E-state index in [-0.39, 0.29) is 11.4 Å². The number of benzene rings is 2. The lowest BCUT2D eigenvalue weighted by molar-refractivity contribution is -0.115. The minimum absolute atomic E-state index is 0.127. The summed E-state index contributed by atoms with van der Waals surface area (Å²) in [6.45, 7) is 12.2. The number of aliphatic imine (C=N–C) groups is 1. The number of carbonyl (C=O) groups excluding carboxylic acids is 1. The van der Waals surface area contributed by atoms with Gasteiger partial charge in [-0.25, -0.2) is 4.99 Å². The van der Waals surface area contributed by atoms with Crippen LogP contribution < -0.4 is 10.2 Å². The predicted octanol–water partition coefficient (Wildman–Crippen LogP) is 7.31. The topological polar surface area (TPSA) is 44.7 Å². The molecule has 4 nitrogen and oxygen atoms in total. The second kappa shape index (κ2) is 8.77. The van der Waals surface area contributed by atoms with E-state index in [4.69, 9.17) is 23.2 Å². The fourth-order valence-corrected chi connectivity index (χ4v) is 5.88. The molecule has 0 spiro atoms. The highest BCUT2D eigenvalue weighted by molar-refractivity contribution is 8.18. The lowest BCUT2D eigenvalue weighted by atomic mass is 9.79. The third kappa shape index (κ3) is 4.30. The van der Waals surface area contributed by atoms with Crippen molar-refractivity contribution in [1.29, 1.82) is 0 Å². The molecule has 1 saturated heterocycles. The largest absolute Gasteiger partial charge is 0.366 e. The fraction of sp³-hybridized carbons (Fsp3) is 0.360. The molecular formula is C25H27Cl2N3OS. The summed E-state index contributed by atoms with van der Waals surface area (Å²) in [5, 5.41) is 4.13. The van der Waals surface area contributed by atoms with E-state index in [2.05, 4.69) is 62.0 Å². The van der Waals surface area contributed by atoms with Crippen LogP contribution in [-0.4, -0.2) is 23.2 Å². The molecule has 4 rings (SSSR count). The number of hydrogen-bond donors (Lipinski definition) is 1. The zero-order chi connectivity index (χ0) is 23.2. The van der Waals surface area contributed by atoms with Crippen molar-refractivity contribution in [2.24, 2.45) is 4.99 Å². The molecule has 1 unspecified atom stereocenters. The first-order valence-electron chi connectivity index (χ1n) is 10.8. The number of halogens is 2. The Morgan fingerprint density at radius 1 is 1.31 bits per heavy atom. The van der Waals surface area contributed by atoms with E-state index >= 15 is 0 Å². The van der Waals surface area contributed by atoms with Crippen LogP contribution in [0.3, 0.4) is 0 Å². The highest BCUT2D eigenvalue weighted by atomic mass is 35.5. The number of aryl methyl sites for hydroxylation is 1. The molecule has 2 aromatic carbocycles. The van der Waals surface area contributed by atoms with Gasteiger partial charge >= 0.3 is 0 Å². The number of nitrogens with zero attached hydrogens (tertiary/aromatic N) is 2. The number of nitrogens with one attached hydrogen (secondary N) is 1. The van der Waals surface area contributed by atoms with Crippen molar-refractivity contribution in [1.82, 2.24) is 5.32 Å². The lowest BCUT2D eigenvalue weighted by Gasteiger charge is -2.47. The Balaban J connectivity index is 1.68. The molecule has 2 aliphatic heterocycles. The fourth-order valence-electron chi connectivity index (χ4n) is 4.71. The van der Waals surface area contributed by atoms with Crippen LogP contribution in [-0.2, 0) is 4.79 Å². The summed E-state index contributed by atoms with van der Waals surface area (Å²) in [5.41, 5.74) is 5.51. The van der Waals surface area contributed by atoms with Gasteiger partial charge < -0.3 is 10.2 Å². The molecule has 1 fully saturated rings. The van der Waals surface area contributed by atoms with E-state index in [1.165, 1.54) is 23.0 Å². The first-order chi connectivity index (χ1) is 15.1. The number of thioether (sulfide) groups is 1.